The number of imidazole rings is 1. The van der Waals surface area contributed by atoms with E-state index in [4.69, 9.17) is 5.73 Å². The van der Waals surface area contributed by atoms with Crippen LogP contribution in [0.25, 0.3) is 0 Å². The predicted octanol–water partition coefficient (Wildman–Crippen LogP) is 1.51. The molecule has 1 aliphatic carbocycles. The summed E-state index contributed by atoms with van der Waals surface area (Å²) >= 11 is 0. The number of nitrogens with one attached hydrogen (secondary N) is 1. The van der Waals surface area contributed by atoms with E-state index >= 15 is 0 Å². The quantitative estimate of drug-likeness (QED) is 0.815. The minimum Gasteiger partial charge on any atom is -0.336 e. The van der Waals surface area contributed by atoms with Gasteiger partial charge in [-0.1, -0.05) is 13.8 Å². The van der Waals surface area contributed by atoms with Crippen molar-refractivity contribution in [1.29, 1.82) is 0 Å². The second-order valence-corrected chi connectivity index (χ2v) is 5.88. The molecule has 1 saturated carbocycles. The first-order valence-corrected chi connectivity index (χ1v) is 6.53. The Morgan fingerprint density at radius 2 is 2.41 bits per heavy atom. The Kier molecular flexibility index (Phi) is 3.84. The van der Waals surface area contributed by atoms with Gasteiger partial charge in [-0.05, 0) is 24.7 Å². The summed E-state index contributed by atoms with van der Waals surface area (Å²) in [5.41, 5.74) is 7.13. The Bertz CT molecular complexity index is 356. The average molecular weight is 236 g/mol. The average Bonchev–Trinajstić information content (AvgIpc) is 2.83. The Morgan fingerprint density at radius 1 is 1.59 bits per heavy atom. The maximum absolute atomic E-state index is 5.51. The maximum atomic E-state index is 5.51. The molecule has 0 spiro atoms. The van der Waals surface area contributed by atoms with Gasteiger partial charge in [0.25, 0.3) is 0 Å². The van der Waals surface area contributed by atoms with Crippen LogP contribution in [0.3, 0.4) is 0 Å². The van der Waals surface area contributed by atoms with Crippen LogP contribution < -0.4 is 11.1 Å². The summed E-state index contributed by atoms with van der Waals surface area (Å²) in [6.45, 7) is 7.09. The van der Waals surface area contributed by atoms with E-state index in [1.165, 1.54) is 19.3 Å². The van der Waals surface area contributed by atoms with Gasteiger partial charge in [-0.3, -0.25) is 0 Å². The lowest BCUT2D eigenvalue weighted by Gasteiger charge is -2.17. The lowest BCUT2D eigenvalue weighted by molar-refractivity contribution is 0.364. The Morgan fingerprint density at radius 3 is 3.06 bits per heavy atom. The van der Waals surface area contributed by atoms with E-state index < -0.39 is 0 Å². The highest BCUT2D eigenvalue weighted by molar-refractivity contribution is 4.97. The second-order valence-electron chi connectivity index (χ2n) is 5.88. The molecule has 1 unspecified atom stereocenters. The van der Waals surface area contributed by atoms with Gasteiger partial charge < -0.3 is 15.6 Å². The van der Waals surface area contributed by atoms with E-state index in [2.05, 4.69) is 34.9 Å². The van der Waals surface area contributed by atoms with Crippen LogP contribution in [0.4, 0.5) is 0 Å². The zero-order valence-corrected chi connectivity index (χ0v) is 10.9. The van der Waals surface area contributed by atoms with Gasteiger partial charge in [0.1, 0.15) is 0 Å². The van der Waals surface area contributed by atoms with Crippen molar-refractivity contribution in [2.75, 3.05) is 6.54 Å². The zero-order chi connectivity index (χ0) is 12.3. The first kappa shape index (κ1) is 12.6. The summed E-state index contributed by atoms with van der Waals surface area (Å²) in [7, 11) is 0. The molecule has 0 radical (unpaired) electrons. The van der Waals surface area contributed by atoms with Gasteiger partial charge in [0.05, 0.1) is 12.0 Å². The van der Waals surface area contributed by atoms with Gasteiger partial charge in [-0.15, -0.1) is 0 Å². The van der Waals surface area contributed by atoms with Gasteiger partial charge >= 0.3 is 0 Å². The van der Waals surface area contributed by atoms with E-state index in [0.29, 0.717) is 18.0 Å². The molecule has 1 aliphatic rings. The predicted molar refractivity (Wildman–Crippen MR) is 69.5 cm³/mol. The van der Waals surface area contributed by atoms with Crippen LogP contribution in [0.15, 0.2) is 12.5 Å². The van der Waals surface area contributed by atoms with Crippen molar-refractivity contribution < 1.29 is 0 Å². The molecule has 0 aromatic carbocycles. The summed E-state index contributed by atoms with van der Waals surface area (Å²) in [4.78, 5) is 4.38. The monoisotopic (exact) mass is 236 g/mol. The van der Waals surface area contributed by atoms with Crippen LogP contribution >= 0.6 is 0 Å². The molecule has 1 fully saturated rings. The zero-order valence-electron chi connectivity index (χ0n) is 10.9. The number of hydrogen-bond acceptors (Lipinski definition) is 3. The van der Waals surface area contributed by atoms with Crippen molar-refractivity contribution in [2.24, 2.45) is 11.1 Å². The van der Waals surface area contributed by atoms with E-state index in [0.717, 1.165) is 18.8 Å². The van der Waals surface area contributed by atoms with Crippen LogP contribution in [-0.2, 0) is 13.1 Å². The fraction of sp³-hybridized carbons (Fsp3) is 0.769. The fourth-order valence-corrected chi connectivity index (χ4v) is 2.63. The molecular weight excluding hydrogens is 212 g/mol. The first-order chi connectivity index (χ1) is 8.09. The first-order valence-electron chi connectivity index (χ1n) is 6.53. The molecule has 1 atom stereocenters. The Balaban J connectivity index is 1.78. The van der Waals surface area contributed by atoms with E-state index in [-0.39, 0.29) is 0 Å². The van der Waals surface area contributed by atoms with Crippen LogP contribution in [0.2, 0.25) is 0 Å². The molecular formula is C13H24N4. The minimum atomic E-state index is 0.510. The summed E-state index contributed by atoms with van der Waals surface area (Å²) < 4.78 is 2.05. The van der Waals surface area contributed by atoms with Crippen molar-refractivity contribution >= 4 is 0 Å². The molecule has 4 nitrogen and oxygen atoms in total. The van der Waals surface area contributed by atoms with Gasteiger partial charge in [-0.25, -0.2) is 4.98 Å². The second kappa shape index (κ2) is 5.19. The van der Waals surface area contributed by atoms with Crippen molar-refractivity contribution in [3.8, 4) is 0 Å². The highest BCUT2D eigenvalue weighted by Gasteiger charge is 2.30. The molecule has 96 valence electrons. The minimum absolute atomic E-state index is 0.510. The third-order valence-corrected chi connectivity index (χ3v) is 3.61. The third kappa shape index (κ3) is 3.54. The highest BCUT2D eigenvalue weighted by Crippen LogP contribution is 2.36. The molecule has 0 saturated heterocycles. The standard InChI is InChI=1S/C13H24N4/c1-13(2)4-3-11(7-13)15-8-12-9-17(6-5-14)10-16-12/h9-11,15H,3-8,14H2,1-2H3. The Labute approximate surface area is 104 Å². The number of hydrogen-bond donors (Lipinski definition) is 2. The van der Waals surface area contributed by atoms with Gasteiger partial charge in [0, 0.05) is 31.9 Å². The fourth-order valence-electron chi connectivity index (χ4n) is 2.63. The SMILES string of the molecule is CC1(C)CCC(NCc2cn(CCN)cn2)C1. The molecule has 17 heavy (non-hydrogen) atoms. The van der Waals surface area contributed by atoms with Crippen LogP contribution in [0, 0.1) is 5.41 Å². The van der Waals surface area contributed by atoms with Crippen LogP contribution in [0.1, 0.15) is 38.8 Å². The topological polar surface area (TPSA) is 55.9 Å². The maximum Gasteiger partial charge on any atom is 0.0950 e. The van der Waals surface area contributed by atoms with Gasteiger partial charge in [0.2, 0.25) is 0 Å². The number of nitrogens with two attached hydrogens (primary N) is 1. The normalized spacial score (nSPS) is 23.1. The van der Waals surface area contributed by atoms with Gasteiger partial charge in [0.15, 0.2) is 0 Å². The summed E-state index contributed by atoms with van der Waals surface area (Å²) in [6, 6.07) is 0.657. The summed E-state index contributed by atoms with van der Waals surface area (Å²) in [5.74, 6) is 0. The Hall–Kier alpha value is -0.870. The summed E-state index contributed by atoms with van der Waals surface area (Å²) in [5, 5.41) is 3.60. The van der Waals surface area contributed by atoms with E-state index in [1.54, 1.807) is 0 Å². The lowest BCUT2D eigenvalue weighted by Crippen LogP contribution is -2.27. The molecule has 0 aliphatic heterocycles. The third-order valence-electron chi connectivity index (χ3n) is 3.61. The van der Waals surface area contributed by atoms with E-state index in [1.807, 2.05) is 6.33 Å². The molecule has 4 heteroatoms. The van der Waals surface area contributed by atoms with Crippen LogP contribution in [-0.4, -0.2) is 22.1 Å². The van der Waals surface area contributed by atoms with Crippen LogP contribution in [0.5, 0.6) is 0 Å². The van der Waals surface area contributed by atoms with Crippen molar-refractivity contribution in [3.63, 3.8) is 0 Å². The molecule has 1 heterocycles. The number of aromatic nitrogens is 2. The summed E-state index contributed by atoms with van der Waals surface area (Å²) in [6.07, 6.45) is 7.84. The van der Waals surface area contributed by atoms with Crippen molar-refractivity contribution in [3.05, 3.63) is 18.2 Å². The largest absolute Gasteiger partial charge is 0.336 e. The van der Waals surface area contributed by atoms with Gasteiger partial charge in [-0.2, -0.15) is 0 Å². The van der Waals surface area contributed by atoms with E-state index in [9.17, 15) is 0 Å². The van der Waals surface area contributed by atoms with Crippen molar-refractivity contribution in [2.45, 2.75) is 52.2 Å². The molecule has 1 aromatic heterocycles. The number of rotatable bonds is 5. The highest BCUT2D eigenvalue weighted by atomic mass is 15.1. The number of nitrogens with zero attached hydrogens (tertiary/aromatic N) is 2. The molecule has 1 aromatic rings. The molecule has 2 rings (SSSR count). The lowest BCUT2D eigenvalue weighted by atomic mass is 9.92. The van der Waals surface area contributed by atoms with Crippen molar-refractivity contribution in [1.82, 2.24) is 14.9 Å². The molecule has 0 bridgehead atoms. The molecule has 3 N–H and O–H groups in total. The molecule has 0 amide bonds. The smallest absolute Gasteiger partial charge is 0.0950 e.